The van der Waals surface area contributed by atoms with Gasteiger partial charge in [0.25, 0.3) is 0 Å². The van der Waals surface area contributed by atoms with E-state index in [1.54, 1.807) is 14.2 Å². The molecule has 0 bridgehead atoms. The Morgan fingerprint density at radius 3 is 1.64 bits per heavy atom. The fourth-order valence-electron chi connectivity index (χ4n) is 4.14. The van der Waals surface area contributed by atoms with Crippen LogP contribution in [-0.4, -0.2) is 64.5 Å². The topological polar surface area (TPSA) is 70.8 Å². The van der Waals surface area contributed by atoms with E-state index in [1.807, 2.05) is 24.3 Å². The van der Waals surface area contributed by atoms with Crippen LogP contribution in [-0.2, 0) is 22.4 Å². The van der Waals surface area contributed by atoms with Crippen LogP contribution in [0.2, 0.25) is 0 Å². The molecule has 2 rings (SSSR count). The predicted octanol–water partition coefficient (Wildman–Crippen LogP) is 0.610. The number of likely N-dealkylation sites (N-methyl/N-ethyl adjacent to an activating group) is 1. The summed E-state index contributed by atoms with van der Waals surface area (Å²) < 4.78 is 16.1. The van der Waals surface area contributed by atoms with E-state index < -0.39 is 0 Å². The van der Waals surface area contributed by atoms with Gasteiger partial charge in [-0.15, -0.1) is 0 Å². The molecule has 0 radical (unpaired) electrons. The number of ether oxygens (including phenoxy) is 3. The van der Waals surface area contributed by atoms with Crippen molar-refractivity contribution in [3.8, 4) is 11.5 Å². The quantitative estimate of drug-likeness (QED) is 0.318. The maximum absolute atomic E-state index is 11.7. The van der Waals surface area contributed by atoms with Gasteiger partial charge in [-0.3, -0.25) is 4.79 Å². The second-order valence-corrected chi connectivity index (χ2v) is 8.69. The van der Waals surface area contributed by atoms with E-state index in [-0.39, 0.29) is 30.8 Å². The molecule has 0 heterocycles. The van der Waals surface area contributed by atoms with Crippen LogP contribution in [0.4, 0.5) is 0 Å². The zero-order valence-corrected chi connectivity index (χ0v) is 21.1. The van der Waals surface area contributed by atoms with Gasteiger partial charge < -0.3 is 36.8 Å². The molecule has 2 aromatic carbocycles. The van der Waals surface area contributed by atoms with Crippen molar-refractivity contribution in [3.63, 3.8) is 0 Å². The van der Waals surface area contributed by atoms with E-state index in [0.717, 1.165) is 61.3 Å². The number of quaternary nitrogens is 1. The molecular formula is C26H39ClN2O4. The Labute approximate surface area is 205 Å². The van der Waals surface area contributed by atoms with Crippen LogP contribution in [0.5, 0.6) is 11.5 Å². The molecule has 33 heavy (non-hydrogen) atoms. The molecule has 7 heteroatoms. The molecule has 184 valence electrons. The number of rotatable bonds is 14. The Hall–Kier alpha value is -2.28. The first-order chi connectivity index (χ1) is 15.4. The highest BCUT2D eigenvalue weighted by molar-refractivity contribution is 5.69. The number of nitrogens with two attached hydrogens (primary N) is 1. The SMILES string of the molecule is COC(=O)CC(N)C[N+](C)(CCCc1ccc(OC)cc1)CCCc1ccc(OC)cc1.[Cl-]. The molecule has 1 atom stereocenters. The van der Waals surface area contributed by atoms with Gasteiger partial charge in [-0.2, -0.15) is 0 Å². The summed E-state index contributed by atoms with van der Waals surface area (Å²) in [7, 11) is 7.02. The lowest BCUT2D eigenvalue weighted by Gasteiger charge is -2.37. The Kier molecular flexibility index (Phi) is 12.9. The lowest BCUT2D eigenvalue weighted by molar-refractivity contribution is -0.910. The Morgan fingerprint density at radius 2 is 1.27 bits per heavy atom. The zero-order chi connectivity index (χ0) is 23.4. The van der Waals surface area contributed by atoms with Crippen molar-refractivity contribution < 1.29 is 35.9 Å². The van der Waals surface area contributed by atoms with Crippen molar-refractivity contribution in [2.24, 2.45) is 5.73 Å². The average Bonchev–Trinajstić information content (AvgIpc) is 2.79. The molecular weight excluding hydrogens is 440 g/mol. The summed E-state index contributed by atoms with van der Waals surface area (Å²) in [6.45, 7) is 2.76. The minimum atomic E-state index is -0.250. The molecule has 0 saturated carbocycles. The lowest BCUT2D eigenvalue weighted by atomic mass is 10.1. The molecule has 0 aliphatic rings. The van der Waals surface area contributed by atoms with Gasteiger partial charge in [-0.05, 0) is 48.2 Å². The predicted molar refractivity (Wildman–Crippen MR) is 128 cm³/mol. The highest BCUT2D eigenvalue weighted by atomic mass is 35.5. The molecule has 1 unspecified atom stereocenters. The summed E-state index contributed by atoms with van der Waals surface area (Å²) in [6.07, 6.45) is 4.36. The molecule has 2 aromatic rings. The number of carbonyl (C=O) groups is 1. The molecule has 0 aromatic heterocycles. The van der Waals surface area contributed by atoms with Gasteiger partial charge in [0.1, 0.15) is 11.5 Å². The molecule has 0 saturated heterocycles. The fraction of sp³-hybridized carbons (Fsp3) is 0.500. The number of hydrogen-bond acceptors (Lipinski definition) is 5. The van der Waals surface area contributed by atoms with Crippen LogP contribution in [0.25, 0.3) is 0 Å². The lowest BCUT2D eigenvalue weighted by Crippen LogP contribution is -3.00. The summed E-state index contributed by atoms with van der Waals surface area (Å²) in [5.74, 6) is 1.50. The summed E-state index contributed by atoms with van der Waals surface area (Å²) in [5, 5.41) is 0. The van der Waals surface area contributed by atoms with E-state index in [0.29, 0.717) is 0 Å². The van der Waals surface area contributed by atoms with Gasteiger partial charge in [-0.1, -0.05) is 24.3 Å². The standard InChI is InChI=1S/C26H39N2O4.ClH/c1-28(20-23(27)19-26(29)32-4,17-5-7-21-9-13-24(30-2)14-10-21)18-6-8-22-11-15-25(31-3)16-12-22;/h9-16,23H,5-8,17-20,27H2,1-4H3;1H/q+1;/p-1. The number of aryl methyl sites for hydroxylation is 2. The van der Waals surface area contributed by atoms with Gasteiger partial charge in [0.05, 0.1) is 60.5 Å². The van der Waals surface area contributed by atoms with Gasteiger partial charge in [0.15, 0.2) is 0 Å². The normalized spacial score (nSPS) is 11.9. The number of nitrogens with zero attached hydrogens (tertiary/aromatic N) is 1. The number of carbonyl (C=O) groups excluding carboxylic acids is 1. The van der Waals surface area contributed by atoms with Crippen molar-refractivity contribution >= 4 is 5.97 Å². The third-order valence-electron chi connectivity index (χ3n) is 5.98. The van der Waals surface area contributed by atoms with Gasteiger partial charge in [0.2, 0.25) is 0 Å². The van der Waals surface area contributed by atoms with Crippen molar-refractivity contribution in [1.29, 1.82) is 0 Å². The van der Waals surface area contributed by atoms with E-state index in [4.69, 9.17) is 19.9 Å². The Balaban J connectivity index is 0.00000544. The fourth-order valence-corrected chi connectivity index (χ4v) is 4.14. The van der Waals surface area contributed by atoms with Crippen LogP contribution in [0, 0.1) is 0 Å². The van der Waals surface area contributed by atoms with Crippen molar-refractivity contribution in [2.75, 3.05) is 48.0 Å². The zero-order valence-electron chi connectivity index (χ0n) is 20.4. The van der Waals surface area contributed by atoms with E-state index >= 15 is 0 Å². The summed E-state index contributed by atoms with van der Waals surface area (Å²) >= 11 is 0. The summed E-state index contributed by atoms with van der Waals surface area (Å²) in [4.78, 5) is 11.7. The van der Waals surface area contributed by atoms with Gasteiger partial charge in [0, 0.05) is 12.8 Å². The Morgan fingerprint density at radius 1 is 0.848 bits per heavy atom. The highest BCUT2D eigenvalue weighted by Gasteiger charge is 2.26. The number of benzene rings is 2. The van der Waals surface area contributed by atoms with Crippen LogP contribution in [0.3, 0.4) is 0 Å². The van der Waals surface area contributed by atoms with Crippen molar-refractivity contribution in [3.05, 3.63) is 59.7 Å². The van der Waals surface area contributed by atoms with E-state index in [9.17, 15) is 4.79 Å². The van der Waals surface area contributed by atoms with E-state index in [1.165, 1.54) is 18.2 Å². The Bertz CT molecular complexity index is 759. The first-order valence-electron chi connectivity index (χ1n) is 11.3. The van der Waals surface area contributed by atoms with Crippen molar-refractivity contribution in [1.82, 2.24) is 0 Å². The third-order valence-corrected chi connectivity index (χ3v) is 5.98. The second kappa shape index (κ2) is 14.8. The number of methoxy groups -OCH3 is 3. The molecule has 0 fully saturated rings. The molecule has 0 amide bonds. The number of esters is 1. The van der Waals surface area contributed by atoms with Crippen LogP contribution in [0.1, 0.15) is 30.4 Å². The molecule has 2 N–H and O–H groups in total. The third kappa shape index (κ3) is 10.5. The highest BCUT2D eigenvalue weighted by Crippen LogP contribution is 2.17. The second-order valence-electron chi connectivity index (χ2n) is 8.69. The maximum Gasteiger partial charge on any atom is 0.307 e. The average molecular weight is 479 g/mol. The summed E-state index contributed by atoms with van der Waals surface area (Å²) in [5.41, 5.74) is 8.92. The molecule has 0 aliphatic carbocycles. The van der Waals surface area contributed by atoms with Crippen LogP contribution in [0.15, 0.2) is 48.5 Å². The monoisotopic (exact) mass is 478 g/mol. The maximum atomic E-state index is 11.7. The first-order valence-corrected chi connectivity index (χ1v) is 11.3. The number of hydrogen-bond donors (Lipinski definition) is 1. The van der Waals surface area contributed by atoms with Crippen molar-refractivity contribution in [2.45, 2.75) is 38.1 Å². The molecule has 0 aliphatic heterocycles. The van der Waals surface area contributed by atoms with Gasteiger partial charge in [-0.25, -0.2) is 0 Å². The van der Waals surface area contributed by atoms with E-state index in [2.05, 4.69) is 31.3 Å². The smallest absolute Gasteiger partial charge is 0.307 e. The largest absolute Gasteiger partial charge is 1.00 e. The molecule has 0 spiro atoms. The van der Waals surface area contributed by atoms with Crippen LogP contribution >= 0.6 is 0 Å². The summed E-state index contributed by atoms with van der Waals surface area (Å²) in [6, 6.07) is 16.3. The molecule has 6 nitrogen and oxygen atoms in total. The van der Waals surface area contributed by atoms with Crippen LogP contribution < -0.4 is 27.6 Å². The minimum absolute atomic E-state index is 0. The minimum Gasteiger partial charge on any atom is -1.00 e. The first kappa shape index (κ1) is 28.8. The van der Waals surface area contributed by atoms with Gasteiger partial charge >= 0.3 is 5.97 Å². The number of halogens is 1.